The van der Waals surface area contributed by atoms with Crippen LogP contribution in [0.25, 0.3) is 0 Å². The molecular weight excluding hydrogens is 298 g/mol. The van der Waals surface area contributed by atoms with Crippen LogP contribution in [-0.2, 0) is 19.9 Å². The molecule has 2 heterocycles. The molecule has 5 heteroatoms. The number of halogens is 1. The third-order valence-corrected chi connectivity index (χ3v) is 4.60. The van der Waals surface area contributed by atoms with E-state index in [1.807, 2.05) is 11.7 Å². The van der Waals surface area contributed by atoms with Crippen molar-refractivity contribution >= 4 is 27.3 Å². The van der Waals surface area contributed by atoms with E-state index in [9.17, 15) is 0 Å². The summed E-state index contributed by atoms with van der Waals surface area (Å²) in [5.41, 5.74) is 8.53. The summed E-state index contributed by atoms with van der Waals surface area (Å²) in [7, 11) is 1.98. The number of nitrogens with two attached hydrogens (primary N) is 1. The average Bonchev–Trinajstić information content (AvgIpc) is 2.86. The number of rotatable bonds is 4. The average molecular weight is 314 g/mol. The molecule has 2 aromatic rings. The van der Waals surface area contributed by atoms with Crippen LogP contribution in [-0.4, -0.2) is 9.78 Å². The molecule has 0 spiro atoms. The Morgan fingerprint density at radius 3 is 2.82 bits per heavy atom. The van der Waals surface area contributed by atoms with E-state index in [0.29, 0.717) is 0 Å². The number of hydrogen-bond acceptors (Lipinski definition) is 3. The summed E-state index contributed by atoms with van der Waals surface area (Å²) < 4.78 is 3.04. The van der Waals surface area contributed by atoms with E-state index in [1.54, 1.807) is 11.3 Å². The summed E-state index contributed by atoms with van der Waals surface area (Å²) in [6.07, 6.45) is 1.80. The molecule has 2 aromatic heterocycles. The largest absolute Gasteiger partial charge is 0.323 e. The molecule has 0 aliphatic rings. The van der Waals surface area contributed by atoms with Crippen LogP contribution < -0.4 is 5.73 Å². The van der Waals surface area contributed by atoms with Crippen molar-refractivity contribution in [2.75, 3.05) is 0 Å². The second kappa shape index (κ2) is 5.33. The van der Waals surface area contributed by atoms with Crippen LogP contribution in [0.2, 0.25) is 0 Å². The molecule has 2 rings (SSSR count). The molecule has 0 radical (unpaired) electrons. The number of aryl methyl sites for hydroxylation is 2. The minimum Gasteiger partial charge on any atom is -0.323 e. The normalized spacial score (nSPS) is 12.9. The van der Waals surface area contributed by atoms with Gasteiger partial charge in [-0.25, -0.2) is 0 Å². The highest BCUT2D eigenvalue weighted by molar-refractivity contribution is 9.10. The van der Waals surface area contributed by atoms with Gasteiger partial charge >= 0.3 is 0 Å². The molecular formula is C12H16BrN3S. The van der Waals surface area contributed by atoms with Crippen LogP contribution in [0.1, 0.15) is 29.2 Å². The molecule has 0 bridgehead atoms. The van der Waals surface area contributed by atoms with Gasteiger partial charge in [0.05, 0.1) is 5.69 Å². The molecule has 0 saturated carbocycles. The Bertz CT molecular complexity index is 504. The Balaban J connectivity index is 2.12. The first kappa shape index (κ1) is 12.8. The monoisotopic (exact) mass is 313 g/mol. The predicted octanol–water partition coefficient (Wildman–Crippen LogP) is 3.05. The van der Waals surface area contributed by atoms with Crippen molar-refractivity contribution in [2.45, 2.75) is 25.8 Å². The fraction of sp³-hybridized carbons (Fsp3) is 0.417. The van der Waals surface area contributed by atoms with Crippen LogP contribution >= 0.6 is 27.3 Å². The highest BCUT2D eigenvalue weighted by Gasteiger charge is 2.12. The molecule has 0 aliphatic carbocycles. The van der Waals surface area contributed by atoms with Gasteiger partial charge in [-0.15, -0.1) is 11.3 Å². The van der Waals surface area contributed by atoms with Crippen LogP contribution in [0.15, 0.2) is 22.0 Å². The first-order chi connectivity index (χ1) is 8.10. The summed E-state index contributed by atoms with van der Waals surface area (Å²) in [5.74, 6) is 0. The lowest BCUT2D eigenvalue weighted by Gasteiger charge is -2.09. The maximum absolute atomic E-state index is 6.21. The number of hydrogen-bond donors (Lipinski definition) is 1. The SMILES string of the molecule is CCc1cc(CC(N)c2cc(Br)cs2)n(C)n1. The van der Waals surface area contributed by atoms with Crippen LogP contribution in [0.3, 0.4) is 0 Å². The lowest BCUT2D eigenvalue weighted by molar-refractivity contribution is 0.644. The van der Waals surface area contributed by atoms with Gasteiger partial charge in [-0.2, -0.15) is 5.10 Å². The molecule has 0 aromatic carbocycles. The summed E-state index contributed by atoms with van der Waals surface area (Å²) in [5, 5.41) is 6.50. The van der Waals surface area contributed by atoms with Gasteiger partial charge in [0.25, 0.3) is 0 Å². The number of thiophene rings is 1. The Morgan fingerprint density at radius 1 is 1.53 bits per heavy atom. The second-order valence-electron chi connectivity index (χ2n) is 4.08. The maximum Gasteiger partial charge on any atom is 0.0624 e. The summed E-state index contributed by atoms with van der Waals surface area (Å²) in [4.78, 5) is 1.20. The third-order valence-electron chi connectivity index (χ3n) is 2.77. The van der Waals surface area contributed by atoms with Crippen LogP contribution in [0, 0.1) is 0 Å². The lowest BCUT2D eigenvalue weighted by atomic mass is 10.1. The Morgan fingerprint density at radius 2 is 2.29 bits per heavy atom. The first-order valence-corrected chi connectivity index (χ1v) is 7.28. The van der Waals surface area contributed by atoms with Crippen molar-refractivity contribution in [3.8, 4) is 0 Å². The molecule has 0 saturated heterocycles. The molecule has 0 fully saturated rings. The molecule has 0 aliphatic heterocycles. The van der Waals surface area contributed by atoms with Gasteiger partial charge in [-0.3, -0.25) is 4.68 Å². The second-order valence-corrected chi connectivity index (χ2v) is 5.94. The predicted molar refractivity (Wildman–Crippen MR) is 75.2 cm³/mol. The van der Waals surface area contributed by atoms with Crippen molar-refractivity contribution in [3.05, 3.63) is 38.3 Å². The van der Waals surface area contributed by atoms with E-state index in [0.717, 1.165) is 23.0 Å². The molecule has 0 amide bonds. The zero-order chi connectivity index (χ0) is 12.4. The zero-order valence-corrected chi connectivity index (χ0v) is 12.4. The van der Waals surface area contributed by atoms with E-state index in [1.165, 1.54) is 10.6 Å². The molecule has 1 unspecified atom stereocenters. The van der Waals surface area contributed by atoms with Crippen LogP contribution in [0.5, 0.6) is 0 Å². The van der Waals surface area contributed by atoms with Gasteiger partial charge in [-0.1, -0.05) is 6.92 Å². The minimum absolute atomic E-state index is 0.0476. The Hall–Kier alpha value is -0.650. The Labute approximate surface area is 114 Å². The fourth-order valence-corrected chi connectivity index (χ4v) is 3.23. The number of nitrogens with zero attached hydrogens (tertiary/aromatic N) is 2. The van der Waals surface area contributed by atoms with E-state index < -0.39 is 0 Å². The van der Waals surface area contributed by atoms with Gasteiger partial charge in [-0.05, 0) is 34.5 Å². The van der Waals surface area contributed by atoms with E-state index in [2.05, 4.69) is 45.5 Å². The summed E-state index contributed by atoms with van der Waals surface area (Å²) in [6, 6.07) is 4.28. The Kier molecular flexibility index (Phi) is 4.01. The third kappa shape index (κ3) is 2.97. The van der Waals surface area contributed by atoms with Gasteiger partial charge in [0.2, 0.25) is 0 Å². The standard InChI is InChI=1S/C12H16BrN3S/c1-3-9-5-10(16(2)15-9)6-11(14)12-4-8(13)7-17-12/h4-5,7,11H,3,6,14H2,1-2H3. The zero-order valence-electron chi connectivity index (χ0n) is 9.98. The molecule has 92 valence electrons. The first-order valence-electron chi connectivity index (χ1n) is 5.61. The number of aromatic nitrogens is 2. The van der Waals surface area contributed by atoms with Crippen LogP contribution in [0.4, 0.5) is 0 Å². The molecule has 3 nitrogen and oxygen atoms in total. The van der Waals surface area contributed by atoms with Crippen molar-refractivity contribution in [1.29, 1.82) is 0 Å². The van der Waals surface area contributed by atoms with Gasteiger partial charge in [0.15, 0.2) is 0 Å². The van der Waals surface area contributed by atoms with E-state index in [-0.39, 0.29) is 6.04 Å². The lowest BCUT2D eigenvalue weighted by Crippen LogP contribution is -2.14. The van der Waals surface area contributed by atoms with Crippen molar-refractivity contribution in [3.63, 3.8) is 0 Å². The molecule has 1 atom stereocenters. The summed E-state index contributed by atoms with van der Waals surface area (Å²) >= 11 is 5.15. The quantitative estimate of drug-likeness (QED) is 0.942. The van der Waals surface area contributed by atoms with Gasteiger partial charge in [0, 0.05) is 39.9 Å². The minimum atomic E-state index is 0.0476. The van der Waals surface area contributed by atoms with Crippen molar-refractivity contribution < 1.29 is 0 Å². The molecule has 2 N–H and O–H groups in total. The highest BCUT2D eigenvalue weighted by atomic mass is 79.9. The van der Waals surface area contributed by atoms with Gasteiger partial charge < -0.3 is 5.73 Å². The topological polar surface area (TPSA) is 43.8 Å². The van der Waals surface area contributed by atoms with E-state index in [4.69, 9.17) is 5.73 Å². The van der Waals surface area contributed by atoms with E-state index >= 15 is 0 Å². The molecule has 17 heavy (non-hydrogen) atoms. The summed E-state index contributed by atoms with van der Waals surface area (Å²) in [6.45, 7) is 2.11. The van der Waals surface area contributed by atoms with Gasteiger partial charge in [0.1, 0.15) is 0 Å². The maximum atomic E-state index is 6.21. The smallest absolute Gasteiger partial charge is 0.0624 e. The van der Waals surface area contributed by atoms with Crippen molar-refractivity contribution in [1.82, 2.24) is 9.78 Å². The fourth-order valence-electron chi connectivity index (χ4n) is 1.78. The van der Waals surface area contributed by atoms with Crippen molar-refractivity contribution in [2.24, 2.45) is 12.8 Å². The highest BCUT2D eigenvalue weighted by Crippen LogP contribution is 2.26.